The lowest BCUT2D eigenvalue weighted by molar-refractivity contribution is -0.117. The van der Waals surface area contributed by atoms with Crippen molar-refractivity contribution in [3.63, 3.8) is 0 Å². The number of nitrogens with zero attached hydrogens (tertiary/aromatic N) is 3. The van der Waals surface area contributed by atoms with Gasteiger partial charge in [0.05, 0.1) is 6.54 Å². The molecule has 1 N–H and O–H groups in total. The summed E-state index contributed by atoms with van der Waals surface area (Å²) >= 11 is 1.81. The molecule has 1 aromatic carbocycles. The van der Waals surface area contributed by atoms with Gasteiger partial charge in [-0.05, 0) is 63.4 Å². The predicted molar refractivity (Wildman–Crippen MR) is 100 cm³/mol. The quantitative estimate of drug-likeness (QED) is 0.890. The molecule has 1 aliphatic heterocycles. The van der Waals surface area contributed by atoms with E-state index in [1.54, 1.807) is 0 Å². The minimum Gasteiger partial charge on any atom is -0.325 e. The molecule has 1 amide bonds. The molecule has 0 spiro atoms. The molecule has 6 heteroatoms. The molecule has 2 aromatic rings. The van der Waals surface area contributed by atoms with Crippen LogP contribution in [0.2, 0.25) is 0 Å². The first-order valence-corrected chi connectivity index (χ1v) is 9.91. The van der Waals surface area contributed by atoms with Crippen LogP contribution in [0.25, 0.3) is 0 Å². The van der Waals surface area contributed by atoms with E-state index in [-0.39, 0.29) is 5.91 Å². The standard InChI is InChI=1S/C19H24N4OS/c1-13-3-2-4-16(11-13)20-17(24)12-23-9-7-15(8-10-23)19-22-21-18(25-19)14-5-6-14/h2-4,11,14-15H,5-10,12H2,1H3,(H,20,24). The van der Waals surface area contributed by atoms with Gasteiger partial charge in [-0.3, -0.25) is 9.69 Å². The van der Waals surface area contributed by atoms with Gasteiger partial charge in [0.15, 0.2) is 0 Å². The Balaban J connectivity index is 1.26. The molecule has 2 aliphatic rings. The van der Waals surface area contributed by atoms with Crippen molar-refractivity contribution in [1.82, 2.24) is 15.1 Å². The zero-order valence-electron chi connectivity index (χ0n) is 14.6. The summed E-state index contributed by atoms with van der Waals surface area (Å²) in [6.45, 7) is 4.39. The van der Waals surface area contributed by atoms with E-state index in [4.69, 9.17) is 0 Å². The first-order valence-electron chi connectivity index (χ1n) is 9.09. The lowest BCUT2D eigenvalue weighted by Crippen LogP contribution is -2.38. The minimum atomic E-state index is 0.0657. The smallest absolute Gasteiger partial charge is 0.238 e. The maximum atomic E-state index is 12.3. The predicted octanol–water partition coefficient (Wildman–Crippen LogP) is 3.54. The van der Waals surface area contributed by atoms with Gasteiger partial charge in [0.25, 0.3) is 0 Å². The number of aryl methyl sites for hydroxylation is 1. The third-order valence-corrected chi connectivity index (χ3v) is 6.24. The monoisotopic (exact) mass is 356 g/mol. The second kappa shape index (κ2) is 7.22. The van der Waals surface area contributed by atoms with Crippen molar-refractivity contribution in [3.8, 4) is 0 Å². The average molecular weight is 356 g/mol. The van der Waals surface area contributed by atoms with Crippen LogP contribution in [0.5, 0.6) is 0 Å². The second-order valence-corrected chi connectivity index (χ2v) is 8.26. The lowest BCUT2D eigenvalue weighted by atomic mass is 9.98. The molecular weight excluding hydrogens is 332 g/mol. The molecule has 2 fully saturated rings. The molecule has 1 aliphatic carbocycles. The van der Waals surface area contributed by atoms with Crippen LogP contribution in [0.4, 0.5) is 5.69 Å². The van der Waals surface area contributed by atoms with Crippen molar-refractivity contribution >= 4 is 22.9 Å². The number of aromatic nitrogens is 2. The molecule has 5 nitrogen and oxygen atoms in total. The summed E-state index contributed by atoms with van der Waals surface area (Å²) < 4.78 is 0. The SMILES string of the molecule is Cc1cccc(NC(=O)CN2CCC(c3nnc(C4CC4)s3)CC2)c1. The lowest BCUT2D eigenvalue weighted by Gasteiger charge is -2.30. The Morgan fingerprint density at radius 3 is 2.48 bits per heavy atom. The molecule has 4 rings (SSSR count). The van der Waals surface area contributed by atoms with Gasteiger partial charge < -0.3 is 5.32 Å². The van der Waals surface area contributed by atoms with Crippen LogP contribution in [-0.4, -0.2) is 40.6 Å². The van der Waals surface area contributed by atoms with Gasteiger partial charge in [-0.15, -0.1) is 21.5 Å². The Hall–Kier alpha value is -1.79. The van der Waals surface area contributed by atoms with Gasteiger partial charge in [-0.2, -0.15) is 0 Å². The molecule has 132 valence electrons. The number of anilines is 1. The summed E-state index contributed by atoms with van der Waals surface area (Å²) in [6.07, 6.45) is 4.69. The molecule has 0 radical (unpaired) electrons. The summed E-state index contributed by atoms with van der Waals surface area (Å²) in [5.41, 5.74) is 2.03. The summed E-state index contributed by atoms with van der Waals surface area (Å²) in [6, 6.07) is 7.93. The highest BCUT2D eigenvalue weighted by molar-refractivity contribution is 7.11. The highest BCUT2D eigenvalue weighted by Gasteiger charge is 2.30. The van der Waals surface area contributed by atoms with Crippen LogP contribution in [0.3, 0.4) is 0 Å². The van der Waals surface area contributed by atoms with Crippen molar-refractivity contribution in [2.45, 2.75) is 44.4 Å². The van der Waals surface area contributed by atoms with Gasteiger partial charge in [-0.1, -0.05) is 12.1 Å². The molecular formula is C19H24N4OS. The molecule has 1 saturated heterocycles. The Morgan fingerprint density at radius 2 is 1.84 bits per heavy atom. The number of piperidine rings is 1. The van der Waals surface area contributed by atoms with E-state index in [2.05, 4.69) is 20.4 Å². The first-order chi connectivity index (χ1) is 12.2. The van der Waals surface area contributed by atoms with E-state index in [0.29, 0.717) is 18.4 Å². The average Bonchev–Trinajstić information content (AvgIpc) is 3.33. The van der Waals surface area contributed by atoms with Gasteiger partial charge in [0.2, 0.25) is 5.91 Å². The number of likely N-dealkylation sites (tertiary alicyclic amines) is 1. The molecule has 2 heterocycles. The Morgan fingerprint density at radius 1 is 1.16 bits per heavy atom. The number of amides is 1. The van der Waals surface area contributed by atoms with E-state index in [1.165, 1.54) is 22.9 Å². The van der Waals surface area contributed by atoms with Crippen LogP contribution in [0.15, 0.2) is 24.3 Å². The van der Waals surface area contributed by atoms with Crippen LogP contribution < -0.4 is 5.32 Å². The van der Waals surface area contributed by atoms with E-state index in [1.807, 2.05) is 42.5 Å². The highest BCUT2D eigenvalue weighted by atomic mass is 32.1. The maximum Gasteiger partial charge on any atom is 0.238 e. The van der Waals surface area contributed by atoms with Crippen LogP contribution >= 0.6 is 11.3 Å². The molecule has 1 saturated carbocycles. The number of hydrogen-bond donors (Lipinski definition) is 1. The summed E-state index contributed by atoms with van der Waals surface area (Å²) in [7, 11) is 0. The highest BCUT2D eigenvalue weighted by Crippen LogP contribution is 2.43. The van der Waals surface area contributed by atoms with E-state index >= 15 is 0 Å². The number of benzene rings is 1. The van der Waals surface area contributed by atoms with Crippen molar-refractivity contribution in [1.29, 1.82) is 0 Å². The topological polar surface area (TPSA) is 58.1 Å². The molecule has 0 bridgehead atoms. The normalized spacial score (nSPS) is 19.1. The number of nitrogens with one attached hydrogen (secondary N) is 1. The fourth-order valence-electron chi connectivity index (χ4n) is 3.37. The maximum absolute atomic E-state index is 12.3. The fourth-order valence-corrected chi connectivity index (χ4v) is 4.55. The minimum absolute atomic E-state index is 0.0657. The van der Waals surface area contributed by atoms with Crippen molar-refractivity contribution in [2.75, 3.05) is 25.0 Å². The van der Waals surface area contributed by atoms with Crippen LogP contribution in [0.1, 0.15) is 53.1 Å². The van der Waals surface area contributed by atoms with E-state index in [0.717, 1.165) is 37.2 Å². The van der Waals surface area contributed by atoms with E-state index < -0.39 is 0 Å². The van der Waals surface area contributed by atoms with Gasteiger partial charge in [-0.25, -0.2) is 0 Å². The van der Waals surface area contributed by atoms with Gasteiger partial charge >= 0.3 is 0 Å². The molecule has 0 unspecified atom stereocenters. The number of carbonyl (C=O) groups excluding carboxylic acids is 1. The van der Waals surface area contributed by atoms with Crippen molar-refractivity contribution in [3.05, 3.63) is 39.8 Å². The number of carbonyl (C=O) groups is 1. The van der Waals surface area contributed by atoms with Crippen molar-refractivity contribution in [2.24, 2.45) is 0 Å². The Bertz CT molecular complexity index is 747. The Labute approximate surface area is 152 Å². The fraction of sp³-hybridized carbons (Fsp3) is 0.526. The second-order valence-electron chi connectivity index (χ2n) is 7.22. The molecule has 1 aromatic heterocycles. The molecule has 0 atom stereocenters. The van der Waals surface area contributed by atoms with Gasteiger partial charge in [0, 0.05) is 17.5 Å². The summed E-state index contributed by atoms with van der Waals surface area (Å²) in [5, 5.41) is 14.2. The zero-order valence-corrected chi connectivity index (χ0v) is 15.4. The largest absolute Gasteiger partial charge is 0.325 e. The zero-order chi connectivity index (χ0) is 17.2. The van der Waals surface area contributed by atoms with Gasteiger partial charge in [0.1, 0.15) is 10.0 Å². The van der Waals surface area contributed by atoms with Crippen LogP contribution in [-0.2, 0) is 4.79 Å². The third kappa shape index (κ3) is 4.25. The Kier molecular flexibility index (Phi) is 4.81. The third-order valence-electron chi connectivity index (χ3n) is 4.99. The number of rotatable bonds is 5. The number of hydrogen-bond acceptors (Lipinski definition) is 5. The van der Waals surface area contributed by atoms with Crippen molar-refractivity contribution < 1.29 is 4.79 Å². The summed E-state index contributed by atoms with van der Waals surface area (Å²) in [5.74, 6) is 1.27. The first kappa shape index (κ1) is 16.7. The molecule has 25 heavy (non-hydrogen) atoms. The van der Waals surface area contributed by atoms with Crippen LogP contribution in [0, 0.1) is 6.92 Å². The summed E-state index contributed by atoms with van der Waals surface area (Å²) in [4.78, 5) is 14.5. The van der Waals surface area contributed by atoms with E-state index in [9.17, 15) is 4.79 Å².